The highest BCUT2D eigenvalue weighted by atomic mass is 35.5. The Bertz CT molecular complexity index is 748. The fraction of sp³-hybridized carbons (Fsp3) is 0.381. The SMILES string of the molecule is COc1ccc([C@@H]2CCCN2CC(=O)N[C@@H](C)c2ccccc2Cl)cc1. The summed E-state index contributed by atoms with van der Waals surface area (Å²) in [5.41, 5.74) is 2.17. The minimum absolute atomic E-state index is 0.0258. The van der Waals surface area contributed by atoms with Gasteiger partial charge in [0.25, 0.3) is 0 Å². The van der Waals surface area contributed by atoms with E-state index in [0.717, 1.165) is 30.7 Å². The van der Waals surface area contributed by atoms with Crippen LogP contribution in [0.2, 0.25) is 5.02 Å². The number of hydrogen-bond acceptors (Lipinski definition) is 3. The quantitative estimate of drug-likeness (QED) is 0.819. The zero-order chi connectivity index (χ0) is 18.5. The molecule has 0 aliphatic carbocycles. The molecule has 0 unspecified atom stereocenters. The smallest absolute Gasteiger partial charge is 0.234 e. The number of likely N-dealkylation sites (tertiary alicyclic amines) is 1. The Labute approximate surface area is 160 Å². The zero-order valence-electron chi connectivity index (χ0n) is 15.2. The van der Waals surface area contributed by atoms with E-state index in [2.05, 4.69) is 22.3 Å². The summed E-state index contributed by atoms with van der Waals surface area (Å²) in [5, 5.41) is 3.75. The highest BCUT2D eigenvalue weighted by Crippen LogP contribution is 2.32. The topological polar surface area (TPSA) is 41.6 Å². The Morgan fingerprint density at radius 3 is 2.69 bits per heavy atom. The summed E-state index contributed by atoms with van der Waals surface area (Å²) in [7, 11) is 1.67. The van der Waals surface area contributed by atoms with Crippen molar-refractivity contribution in [2.24, 2.45) is 0 Å². The normalized spacial score (nSPS) is 18.5. The second kappa shape index (κ2) is 8.56. The monoisotopic (exact) mass is 372 g/mol. The minimum atomic E-state index is -0.113. The van der Waals surface area contributed by atoms with Crippen LogP contribution in [0.15, 0.2) is 48.5 Å². The van der Waals surface area contributed by atoms with Crippen LogP contribution in [-0.4, -0.2) is 31.0 Å². The molecule has 0 aromatic heterocycles. The lowest BCUT2D eigenvalue weighted by Crippen LogP contribution is -2.38. The third-order valence-electron chi connectivity index (χ3n) is 4.96. The number of carbonyl (C=O) groups excluding carboxylic acids is 1. The number of amides is 1. The van der Waals surface area contributed by atoms with E-state index in [-0.39, 0.29) is 18.0 Å². The van der Waals surface area contributed by atoms with Crippen molar-refractivity contribution in [2.75, 3.05) is 20.2 Å². The Kier molecular flexibility index (Phi) is 6.17. The Hall–Kier alpha value is -2.04. The van der Waals surface area contributed by atoms with Crippen molar-refractivity contribution in [3.63, 3.8) is 0 Å². The van der Waals surface area contributed by atoms with Crippen LogP contribution in [0.4, 0.5) is 0 Å². The summed E-state index contributed by atoms with van der Waals surface area (Å²) in [6.45, 7) is 3.29. The number of methoxy groups -OCH3 is 1. The molecular formula is C21H25ClN2O2. The lowest BCUT2D eigenvalue weighted by atomic mass is 10.0. The molecule has 3 rings (SSSR count). The van der Waals surface area contributed by atoms with Gasteiger partial charge in [-0.05, 0) is 55.6 Å². The first kappa shape index (κ1) is 18.7. The molecular weight excluding hydrogens is 348 g/mol. The predicted octanol–water partition coefficient (Wildman–Crippen LogP) is 4.36. The summed E-state index contributed by atoms with van der Waals surface area (Å²) in [5.74, 6) is 0.877. The number of carbonyl (C=O) groups is 1. The van der Waals surface area contributed by atoms with E-state index in [4.69, 9.17) is 16.3 Å². The first-order valence-corrected chi connectivity index (χ1v) is 9.38. The van der Waals surface area contributed by atoms with Crippen molar-refractivity contribution in [1.29, 1.82) is 0 Å². The summed E-state index contributed by atoms with van der Waals surface area (Å²) < 4.78 is 5.23. The number of benzene rings is 2. The van der Waals surface area contributed by atoms with Crippen molar-refractivity contribution >= 4 is 17.5 Å². The van der Waals surface area contributed by atoms with Crippen molar-refractivity contribution < 1.29 is 9.53 Å². The van der Waals surface area contributed by atoms with E-state index in [9.17, 15) is 4.79 Å². The number of nitrogens with zero attached hydrogens (tertiary/aromatic N) is 1. The molecule has 2 atom stereocenters. The molecule has 0 bridgehead atoms. The maximum Gasteiger partial charge on any atom is 0.234 e. The molecule has 0 spiro atoms. The lowest BCUT2D eigenvalue weighted by Gasteiger charge is -2.25. The number of halogens is 1. The average molecular weight is 373 g/mol. The summed E-state index contributed by atoms with van der Waals surface area (Å²) >= 11 is 6.23. The van der Waals surface area contributed by atoms with Gasteiger partial charge in [0.15, 0.2) is 0 Å². The van der Waals surface area contributed by atoms with Gasteiger partial charge in [-0.3, -0.25) is 9.69 Å². The van der Waals surface area contributed by atoms with E-state index in [1.54, 1.807) is 7.11 Å². The first-order chi connectivity index (χ1) is 12.6. The Balaban J connectivity index is 1.61. The van der Waals surface area contributed by atoms with E-state index in [1.807, 2.05) is 43.3 Å². The third kappa shape index (κ3) is 4.37. The number of ether oxygens (including phenoxy) is 1. The molecule has 1 aliphatic heterocycles. The van der Waals surface area contributed by atoms with Crippen molar-refractivity contribution in [2.45, 2.75) is 31.8 Å². The highest BCUT2D eigenvalue weighted by molar-refractivity contribution is 6.31. The second-order valence-electron chi connectivity index (χ2n) is 6.71. The second-order valence-corrected chi connectivity index (χ2v) is 7.12. The molecule has 4 nitrogen and oxygen atoms in total. The molecule has 2 aromatic rings. The molecule has 2 aromatic carbocycles. The predicted molar refractivity (Wildman–Crippen MR) is 105 cm³/mol. The molecule has 1 aliphatic rings. The van der Waals surface area contributed by atoms with Crippen LogP contribution in [0, 0.1) is 0 Å². The molecule has 1 saturated heterocycles. The maximum absolute atomic E-state index is 12.6. The van der Waals surface area contributed by atoms with Gasteiger partial charge in [-0.25, -0.2) is 0 Å². The lowest BCUT2D eigenvalue weighted by molar-refractivity contribution is -0.123. The molecule has 1 heterocycles. The van der Waals surface area contributed by atoms with E-state index < -0.39 is 0 Å². The minimum Gasteiger partial charge on any atom is -0.497 e. The third-order valence-corrected chi connectivity index (χ3v) is 5.30. The van der Waals surface area contributed by atoms with Gasteiger partial charge in [-0.15, -0.1) is 0 Å². The van der Waals surface area contributed by atoms with Gasteiger partial charge in [-0.2, -0.15) is 0 Å². The summed E-state index contributed by atoms with van der Waals surface area (Å²) in [4.78, 5) is 14.8. The van der Waals surface area contributed by atoms with Crippen LogP contribution in [0.25, 0.3) is 0 Å². The standard InChI is InChI=1S/C21H25ClN2O2/c1-15(18-6-3-4-7-19(18)22)23-21(25)14-24-13-5-8-20(24)16-9-11-17(26-2)12-10-16/h3-4,6-7,9-12,15,20H,5,8,13-14H2,1-2H3,(H,23,25)/t15-,20-/m0/s1. The molecule has 138 valence electrons. The number of hydrogen-bond donors (Lipinski definition) is 1. The molecule has 1 amide bonds. The summed E-state index contributed by atoms with van der Waals surface area (Å²) in [6, 6.07) is 15.9. The van der Waals surface area contributed by atoms with Gasteiger partial charge in [-0.1, -0.05) is 41.9 Å². The van der Waals surface area contributed by atoms with Gasteiger partial charge >= 0.3 is 0 Å². The molecule has 1 fully saturated rings. The molecule has 0 radical (unpaired) electrons. The average Bonchev–Trinajstić information content (AvgIpc) is 3.10. The van der Waals surface area contributed by atoms with Crippen LogP contribution in [0.3, 0.4) is 0 Å². The zero-order valence-corrected chi connectivity index (χ0v) is 16.0. The van der Waals surface area contributed by atoms with Gasteiger partial charge in [0.05, 0.1) is 19.7 Å². The van der Waals surface area contributed by atoms with Crippen molar-refractivity contribution in [3.8, 4) is 5.75 Å². The van der Waals surface area contributed by atoms with Crippen molar-refractivity contribution in [3.05, 3.63) is 64.7 Å². The van der Waals surface area contributed by atoms with Crippen LogP contribution < -0.4 is 10.1 Å². The van der Waals surface area contributed by atoms with E-state index >= 15 is 0 Å². The van der Waals surface area contributed by atoms with E-state index in [0.29, 0.717) is 11.6 Å². The van der Waals surface area contributed by atoms with Gasteiger partial charge in [0.2, 0.25) is 5.91 Å². The van der Waals surface area contributed by atoms with E-state index in [1.165, 1.54) is 5.56 Å². The largest absolute Gasteiger partial charge is 0.497 e. The molecule has 1 N–H and O–H groups in total. The van der Waals surface area contributed by atoms with Gasteiger partial charge in [0.1, 0.15) is 5.75 Å². The van der Waals surface area contributed by atoms with Crippen LogP contribution in [0.1, 0.15) is 43.0 Å². The number of rotatable bonds is 6. The van der Waals surface area contributed by atoms with Crippen LogP contribution in [-0.2, 0) is 4.79 Å². The maximum atomic E-state index is 12.6. The fourth-order valence-corrected chi connectivity index (χ4v) is 3.89. The summed E-state index contributed by atoms with van der Waals surface area (Å²) in [6.07, 6.45) is 2.17. The van der Waals surface area contributed by atoms with Gasteiger partial charge < -0.3 is 10.1 Å². The van der Waals surface area contributed by atoms with Crippen molar-refractivity contribution in [1.82, 2.24) is 10.2 Å². The Morgan fingerprint density at radius 2 is 2.00 bits per heavy atom. The fourth-order valence-electron chi connectivity index (χ4n) is 3.59. The number of nitrogens with one attached hydrogen (secondary N) is 1. The first-order valence-electron chi connectivity index (χ1n) is 9.00. The van der Waals surface area contributed by atoms with Gasteiger partial charge in [0, 0.05) is 11.1 Å². The molecule has 5 heteroatoms. The molecule has 0 saturated carbocycles. The van der Waals surface area contributed by atoms with Crippen LogP contribution >= 0.6 is 11.6 Å². The highest BCUT2D eigenvalue weighted by Gasteiger charge is 2.28. The Morgan fingerprint density at radius 1 is 1.27 bits per heavy atom. The van der Waals surface area contributed by atoms with Crippen LogP contribution in [0.5, 0.6) is 5.75 Å². The molecule has 26 heavy (non-hydrogen) atoms.